The first-order valence-electron chi connectivity index (χ1n) is 6.02. The number of amides is 1. The number of nitrogens with one attached hydrogen (secondary N) is 1. The zero-order valence-corrected chi connectivity index (χ0v) is 15.1. The quantitative estimate of drug-likeness (QED) is 0.394. The van der Waals surface area contributed by atoms with Crippen molar-refractivity contribution in [3.63, 3.8) is 0 Å². The molecule has 122 valence electrons. The molecular formula is C12H10IN3O5S2. The number of carbonyl (C=O) groups excluding carboxylic acids is 1. The van der Waals surface area contributed by atoms with E-state index in [1.165, 1.54) is 24.3 Å². The van der Waals surface area contributed by atoms with E-state index in [9.17, 15) is 23.3 Å². The summed E-state index contributed by atoms with van der Waals surface area (Å²) in [6.45, 7) is 0.0950. The Hall–Kier alpha value is -1.57. The first-order chi connectivity index (χ1) is 10.7. The second-order valence-electron chi connectivity index (χ2n) is 4.37. The molecule has 1 aromatic heterocycles. The maximum atomic E-state index is 12.1. The molecule has 11 heteroatoms. The van der Waals surface area contributed by atoms with Crippen molar-refractivity contribution in [3.8, 4) is 0 Å². The SMILES string of the molecule is NS(=O)(=O)c1ccc(CNC(=O)c2cc([N+](=O)[O-])ccc2I)s1. The van der Waals surface area contributed by atoms with Crippen LogP contribution in [-0.2, 0) is 16.6 Å². The van der Waals surface area contributed by atoms with Crippen LogP contribution in [0.4, 0.5) is 5.69 Å². The number of nitrogens with zero attached hydrogens (tertiary/aromatic N) is 1. The van der Waals surface area contributed by atoms with E-state index in [4.69, 9.17) is 5.14 Å². The largest absolute Gasteiger partial charge is 0.347 e. The highest BCUT2D eigenvalue weighted by Gasteiger charge is 2.16. The molecule has 0 bridgehead atoms. The number of thiophene rings is 1. The predicted molar refractivity (Wildman–Crippen MR) is 92.7 cm³/mol. The zero-order chi connectivity index (χ0) is 17.2. The minimum absolute atomic E-state index is 0.00618. The first kappa shape index (κ1) is 17.8. The molecule has 2 rings (SSSR count). The zero-order valence-electron chi connectivity index (χ0n) is 11.4. The molecule has 0 saturated heterocycles. The fourth-order valence-electron chi connectivity index (χ4n) is 1.67. The number of nitro benzene ring substituents is 1. The third-order valence-electron chi connectivity index (χ3n) is 2.75. The lowest BCUT2D eigenvalue weighted by atomic mass is 10.2. The minimum atomic E-state index is -3.76. The Labute approximate surface area is 149 Å². The summed E-state index contributed by atoms with van der Waals surface area (Å²) in [4.78, 5) is 22.9. The van der Waals surface area contributed by atoms with E-state index in [-0.39, 0.29) is 22.0 Å². The maximum Gasteiger partial charge on any atom is 0.270 e. The summed E-state index contributed by atoms with van der Waals surface area (Å²) in [7, 11) is -3.76. The number of sulfonamides is 1. The van der Waals surface area contributed by atoms with Gasteiger partial charge in [0.05, 0.1) is 17.0 Å². The Kier molecular flexibility index (Phi) is 5.33. The smallest absolute Gasteiger partial charge is 0.270 e. The number of nitro groups is 1. The summed E-state index contributed by atoms with van der Waals surface area (Å²) in [6, 6.07) is 6.90. The Bertz CT molecular complexity index is 879. The van der Waals surface area contributed by atoms with Crippen LogP contribution in [-0.4, -0.2) is 19.2 Å². The van der Waals surface area contributed by atoms with Crippen molar-refractivity contribution in [1.82, 2.24) is 5.32 Å². The number of halogens is 1. The van der Waals surface area contributed by atoms with Crippen LogP contribution >= 0.6 is 33.9 Å². The second kappa shape index (κ2) is 6.90. The van der Waals surface area contributed by atoms with Crippen LogP contribution in [0.3, 0.4) is 0 Å². The molecule has 8 nitrogen and oxygen atoms in total. The van der Waals surface area contributed by atoms with Crippen molar-refractivity contribution >= 4 is 55.5 Å². The fourth-order valence-corrected chi connectivity index (χ4v) is 3.97. The lowest BCUT2D eigenvalue weighted by Crippen LogP contribution is -2.23. The van der Waals surface area contributed by atoms with Gasteiger partial charge in [0, 0.05) is 20.6 Å². The first-order valence-corrected chi connectivity index (χ1v) is 9.46. The number of rotatable bonds is 5. The van der Waals surface area contributed by atoms with Gasteiger partial charge in [0.1, 0.15) is 4.21 Å². The predicted octanol–water partition coefficient (Wildman–Crippen LogP) is 1.84. The van der Waals surface area contributed by atoms with Gasteiger partial charge in [-0.3, -0.25) is 14.9 Å². The number of non-ortho nitro benzene ring substituents is 1. The van der Waals surface area contributed by atoms with E-state index >= 15 is 0 Å². The summed E-state index contributed by atoms with van der Waals surface area (Å²) < 4.78 is 23.0. The highest BCUT2D eigenvalue weighted by Crippen LogP contribution is 2.22. The van der Waals surface area contributed by atoms with Gasteiger partial charge in [0.2, 0.25) is 10.0 Å². The van der Waals surface area contributed by atoms with Crippen LogP contribution in [0.25, 0.3) is 0 Å². The van der Waals surface area contributed by atoms with Crippen molar-refractivity contribution in [2.24, 2.45) is 5.14 Å². The number of nitrogens with two attached hydrogens (primary N) is 1. The number of primary sulfonamides is 1. The molecule has 3 N–H and O–H groups in total. The third kappa shape index (κ3) is 4.46. The second-order valence-corrected chi connectivity index (χ2v) is 8.49. The van der Waals surface area contributed by atoms with Gasteiger partial charge in [-0.15, -0.1) is 11.3 Å². The third-order valence-corrected chi connectivity index (χ3v) is 6.21. The van der Waals surface area contributed by atoms with E-state index in [0.29, 0.717) is 8.45 Å². The molecule has 0 spiro atoms. The van der Waals surface area contributed by atoms with E-state index < -0.39 is 20.9 Å². The molecule has 1 amide bonds. The van der Waals surface area contributed by atoms with Gasteiger partial charge in [-0.25, -0.2) is 13.6 Å². The molecule has 0 radical (unpaired) electrons. The van der Waals surface area contributed by atoms with Crippen LogP contribution in [0.2, 0.25) is 0 Å². The molecule has 0 fully saturated rings. The molecule has 0 atom stereocenters. The minimum Gasteiger partial charge on any atom is -0.347 e. The highest BCUT2D eigenvalue weighted by molar-refractivity contribution is 14.1. The summed E-state index contributed by atoms with van der Waals surface area (Å²) in [5.74, 6) is -0.483. The average molecular weight is 467 g/mol. The van der Waals surface area contributed by atoms with Crippen molar-refractivity contribution < 1.29 is 18.1 Å². The molecule has 1 aromatic carbocycles. The lowest BCUT2D eigenvalue weighted by Gasteiger charge is -2.05. The van der Waals surface area contributed by atoms with Gasteiger partial charge in [-0.1, -0.05) is 0 Å². The van der Waals surface area contributed by atoms with Crippen LogP contribution in [0.1, 0.15) is 15.2 Å². The molecule has 0 saturated carbocycles. The standard InChI is InChI=1S/C12H10IN3O5S2/c13-10-3-1-7(16(18)19)5-9(10)12(17)15-6-8-2-4-11(22-8)23(14,20)21/h1-5H,6H2,(H,15,17)(H2,14,20,21). The average Bonchev–Trinajstić information content (AvgIpc) is 2.94. The summed E-state index contributed by atoms with van der Waals surface area (Å²) >= 11 is 2.86. The molecular weight excluding hydrogens is 457 g/mol. The van der Waals surface area contributed by atoms with Crippen molar-refractivity contribution in [2.45, 2.75) is 10.8 Å². The Morgan fingerprint density at radius 3 is 2.61 bits per heavy atom. The summed E-state index contributed by atoms with van der Waals surface area (Å²) in [6.07, 6.45) is 0. The van der Waals surface area contributed by atoms with Crippen molar-refractivity contribution in [2.75, 3.05) is 0 Å². The normalized spacial score (nSPS) is 11.2. The number of hydrogen-bond donors (Lipinski definition) is 2. The van der Waals surface area contributed by atoms with Gasteiger partial charge >= 0.3 is 0 Å². The highest BCUT2D eigenvalue weighted by atomic mass is 127. The number of hydrogen-bond acceptors (Lipinski definition) is 6. The van der Waals surface area contributed by atoms with E-state index in [1.807, 2.05) is 22.6 Å². The maximum absolute atomic E-state index is 12.1. The Morgan fingerprint density at radius 2 is 2.04 bits per heavy atom. The van der Waals surface area contributed by atoms with Crippen molar-refractivity contribution in [1.29, 1.82) is 0 Å². The topological polar surface area (TPSA) is 132 Å². The van der Waals surface area contributed by atoms with Crippen molar-refractivity contribution in [3.05, 3.63) is 54.5 Å². The molecule has 0 aliphatic rings. The summed E-state index contributed by atoms with van der Waals surface area (Å²) in [5.41, 5.74) is 0.00577. The van der Waals surface area contributed by atoms with Crippen LogP contribution in [0.15, 0.2) is 34.5 Å². The van der Waals surface area contributed by atoms with Crippen LogP contribution < -0.4 is 10.5 Å². The lowest BCUT2D eigenvalue weighted by molar-refractivity contribution is -0.384. The number of carbonyl (C=O) groups is 1. The summed E-state index contributed by atoms with van der Waals surface area (Å²) in [5, 5.41) is 18.4. The van der Waals surface area contributed by atoms with Crippen LogP contribution in [0.5, 0.6) is 0 Å². The molecule has 1 heterocycles. The molecule has 23 heavy (non-hydrogen) atoms. The van der Waals surface area contributed by atoms with E-state index in [1.54, 1.807) is 6.07 Å². The molecule has 0 aliphatic heterocycles. The monoisotopic (exact) mass is 467 g/mol. The van der Waals surface area contributed by atoms with E-state index in [2.05, 4.69) is 5.32 Å². The van der Waals surface area contributed by atoms with Crippen LogP contribution in [0, 0.1) is 13.7 Å². The Morgan fingerprint density at radius 1 is 1.35 bits per heavy atom. The number of benzene rings is 1. The van der Waals surface area contributed by atoms with Gasteiger partial charge in [0.15, 0.2) is 0 Å². The van der Waals surface area contributed by atoms with Gasteiger partial charge in [-0.05, 0) is 40.8 Å². The molecule has 2 aromatic rings. The van der Waals surface area contributed by atoms with Gasteiger partial charge in [-0.2, -0.15) is 0 Å². The molecule has 0 aliphatic carbocycles. The van der Waals surface area contributed by atoms with Gasteiger partial charge in [0.25, 0.3) is 11.6 Å². The fraction of sp³-hybridized carbons (Fsp3) is 0.0833. The van der Waals surface area contributed by atoms with E-state index in [0.717, 1.165) is 11.3 Å². The Balaban J connectivity index is 2.12. The molecule has 0 unspecified atom stereocenters. The van der Waals surface area contributed by atoms with Gasteiger partial charge < -0.3 is 5.32 Å².